The lowest BCUT2D eigenvalue weighted by Crippen LogP contribution is -2.33. The molecule has 0 unspecified atom stereocenters. The maximum Gasteiger partial charge on any atom is 0.315 e. The molecule has 1 fully saturated rings. The first-order valence-electron chi connectivity index (χ1n) is 6.06. The van der Waals surface area contributed by atoms with E-state index in [1.165, 1.54) is 0 Å². The van der Waals surface area contributed by atoms with E-state index in [1.54, 1.807) is 0 Å². The van der Waals surface area contributed by atoms with Crippen molar-refractivity contribution in [3.63, 3.8) is 0 Å². The van der Waals surface area contributed by atoms with Crippen LogP contribution in [0.3, 0.4) is 0 Å². The zero-order valence-electron chi connectivity index (χ0n) is 10.2. The number of aromatic nitrogens is 2. The fraction of sp³-hybridized carbons (Fsp3) is 0.818. The van der Waals surface area contributed by atoms with Gasteiger partial charge in [0.05, 0.1) is 0 Å². The van der Waals surface area contributed by atoms with Gasteiger partial charge in [0.15, 0.2) is 0 Å². The molecule has 0 atom stereocenters. The first-order chi connectivity index (χ1) is 8.22. The minimum atomic E-state index is 0.251. The maximum absolute atomic E-state index is 5.42. The average molecular weight is 240 g/mol. The average Bonchev–Trinajstić information content (AvgIpc) is 2.76. The number of ether oxygens (including phenoxy) is 1. The molecule has 2 rings (SSSR count). The van der Waals surface area contributed by atoms with Crippen LogP contribution in [0, 0.1) is 5.41 Å². The topological polar surface area (TPSA) is 86.2 Å². The van der Waals surface area contributed by atoms with Crippen molar-refractivity contribution in [2.45, 2.75) is 26.2 Å². The van der Waals surface area contributed by atoms with Crippen LogP contribution in [-0.4, -0.2) is 36.5 Å². The van der Waals surface area contributed by atoms with Gasteiger partial charge in [-0.1, -0.05) is 12.0 Å². The number of nitrogens with one attached hydrogen (secondary N) is 1. The minimum Gasteiger partial charge on any atom is -0.408 e. The molecule has 1 aliphatic heterocycles. The molecule has 1 saturated heterocycles. The molecule has 1 aromatic rings. The molecule has 0 radical (unpaired) electrons. The Morgan fingerprint density at radius 3 is 2.82 bits per heavy atom. The summed E-state index contributed by atoms with van der Waals surface area (Å²) in [4.78, 5) is 0. The van der Waals surface area contributed by atoms with Gasteiger partial charge in [0.2, 0.25) is 5.89 Å². The number of anilines is 1. The molecule has 6 nitrogen and oxygen atoms in total. The minimum absolute atomic E-state index is 0.251. The molecule has 1 aromatic heterocycles. The van der Waals surface area contributed by atoms with Crippen molar-refractivity contribution in [1.82, 2.24) is 10.2 Å². The van der Waals surface area contributed by atoms with Crippen LogP contribution >= 0.6 is 0 Å². The van der Waals surface area contributed by atoms with Gasteiger partial charge in [0.25, 0.3) is 0 Å². The van der Waals surface area contributed by atoms with E-state index >= 15 is 0 Å². The molecule has 17 heavy (non-hydrogen) atoms. The summed E-state index contributed by atoms with van der Waals surface area (Å²) < 4.78 is 10.8. The van der Waals surface area contributed by atoms with Crippen LogP contribution in [0.2, 0.25) is 0 Å². The third kappa shape index (κ3) is 3.41. The van der Waals surface area contributed by atoms with Crippen LogP contribution < -0.4 is 11.1 Å². The van der Waals surface area contributed by atoms with Crippen molar-refractivity contribution in [3.8, 4) is 0 Å². The summed E-state index contributed by atoms with van der Waals surface area (Å²) in [6.07, 6.45) is 2.74. The molecule has 1 aliphatic rings. The molecule has 3 N–H and O–H groups in total. The van der Waals surface area contributed by atoms with E-state index in [1.807, 2.05) is 0 Å². The Kier molecular flexibility index (Phi) is 3.96. The zero-order chi connectivity index (χ0) is 12.1. The van der Waals surface area contributed by atoms with Crippen LogP contribution in [0.15, 0.2) is 4.42 Å². The Morgan fingerprint density at radius 1 is 1.35 bits per heavy atom. The highest BCUT2D eigenvalue weighted by molar-refractivity contribution is 5.17. The molecule has 0 aliphatic carbocycles. The summed E-state index contributed by atoms with van der Waals surface area (Å²) in [5.74, 6) is 0.590. The number of rotatable bonds is 5. The molecular formula is C11H20N4O2. The number of nitrogens with zero attached hydrogens (tertiary/aromatic N) is 2. The van der Waals surface area contributed by atoms with Crippen LogP contribution in [0.4, 0.5) is 6.01 Å². The van der Waals surface area contributed by atoms with Gasteiger partial charge in [-0.25, -0.2) is 0 Å². The molecular weight excluding hydrogens is 220 g/mol. The van der Waals surface area contributed by atoms with Crippen LogP contribution in [-0.2, 0) is 11.2 Å². The predicted molar refractivity (Wildman–Crippen MR) is 63.7 cm³/mol. The van der Waals surface area contributed by atoms with Gasteiger partial charge in [-0.3, -0.25) is 0 Å². The normalized spacial score (nSPS) is 19.2. The number of hydrogen-bond donors (Lipinski definition) is 2. The fourth-order valence-electron chi connectivity index (χ4n) is 1.88. The van der Waals surface area contributed by atoms with E-state index < -0.39 is 0 Å². The summed E-state index contributed by atoms with van der Waals surface area (Å²) in [5, 5.41) is 11.0. The van der Waals surface area contributed by atoms with E-state index in [0.717, 1.165) is 32.6 Å². The van der Waals surface area contributed by atoms with Gasteiger partial charge < -0.3 is 20.2 Å². The largest absolute Gasteiger partial charge is 0.408 e. The second-order valence-electron chi connectivity index (χ2n) is 4.82. The highest BCUT2D eigenvalue weighted by Gasteiger charge is 2.27. The van der Waals surface area contributed by atoms with Gasteiger partial charge >= 0.3 is 6.01 Å². The van der Waals surface area contributed by atoms with E-state index in [9.17, 15) is 0 Å². The second kappa shape index (κ2) is 5.46. The summed E-state index contributed by atoms with van der Waals surface area (Å²) >= 11 is 0. The van der Waals surface area contributed by atoms with Crippen LogP contribution in [0.1, 0.15) is 25.7 Å². The monoisotopic (exact) mass is 240 g/mol. The van der Waals surface area contributed by atoms with E-state index in [0.29, 0.717) is 24.9 Å². The van der Waals surface area contributed by atoms with Crippen LogP contribution in [0.25, 0.3) is 0 Å². The van der Waals surface area contributed by atoms with Gasteiger partial charge in [-0.05, 0) is 18.3 Å². The molecule has 6 heteroatoms. The lowest BCUT2D eigenvalue weighted by molar-refractivity contribution is 0.0298. The third-order valence-electron chi connectivity index (χ3n) is 3.19. The van der Waals surface area contributed by atoms with E-state index in [4.69, 9.17) is 14.9 Å². The Balaban J connectivity index is 1.83. The van der Waals surface area contributed by atoms with E-state index in [2.05, 4.69) is 22.4 Å². The SMILES string of the molecule is CC1(CNc2nnc(CCN)o2)CCOCC1. The van der Waals surface area contributed by atoms with Crippen molar-refractivity contribution < 1.29 is 9.15 Å². The molecule has 0 bridgehead atoms. The quantitative estimate of drug-likeness (QED) is 0.791. The van der Waals surface area contributed by atoms with Crippen molar-refractivity contribution >= 4 is 6.01 Å². The standard InChI is InChI=1S/C11H20N4O2/c1-11(3-6-16-7-4-11)8-13-10-15-14-9(17-10)2-5-12/h2-8,12H2,1H3,(H,13,15). The van der Waals surface area contributed by atoms with Crippen molar-refractivity contribution in [1.29, 1.82) is 0 Å². The van der Waals surface area contributed by atoms with Crippen molar-refractivity contribution in [3.05, 3.63) is 5.89 Å². The highest BCUT2D eigenvalue weighted by atomic mass is 16.5. The summed E-state index contributed by atoms with van der Waals surface area (Å²) in [7, 11) is 0. The molecule has 0 saturated carbocycles. The summed E-state index contributed by atoms with van der Waals surface area (Å²) in [6, 6.07) is 0.487. The molecule has 0 spiro atoms. The molecule has 2 heterocycles. The van der Waals surface area contributed by atoms with Crippen LogP contribution in [0.5, 0.6) is 0 Å². The van der Waals surface area contributed by atoms with Crippen molar-refractivity contribution in [2.75, 3.05) is 31.6 Å². The van der Waals surface area contributed by atoms with Crippen molar-refractivity contribution in [2.24, 2.45) is 11.1 Å². The highest BCUT2D eigenvalue weighted by Crippen LogP contribution is 2.29. The summed E-state index contributed by atoms with van der Waals surface area (Å²) in [6.45, 7) is 5.28. The lowest BCUT2D eigenvalue weighted by Gasteiger charge is -2.33. The fourth-order valence-corrected chi connectivity index (χ4v) is 1.88. The number of hydrogen-bond acceptors (Lipinski definition) is 6. The first-order valence-corrected chi connectivity index (χ1v) is 6.06. The van der Waals surface area contributed by atoms with Gasteiger partial charge in [-0.15, -0.1) is 5.10 Å². The van der Waals surface area contributed by atoms with Gasteiger partial charge in [0, 0.05) is 32.7 Å². The predicted octanol–water partition coefficient (Wildman–Crippen LogP) is 0.799. The Labute approximate surface area is 101 Å². The first kappa shape index (κ1) is 12.3. The van der Waals surface area contributed by atoms with E-state index in [-0.39, 0.29) is 5.41 Å². The zero-order valence-corrected chi connectivity index (χ0v) is 10.2. The Bertz CT molecular complexity index is 347. The lowest BCUT2D eigenvalue weighted by atomic mass is 9.82. The number of nitrogens with two attached hydrogens (primary N) is 1. The second-order valence-corrected chi connectivity index (χ2v) is 4.82. The molecule has 0 amide bonds. The third-order valence-corrected chi connectivity index (χ3v) is 3.19. The molecule has 0 aromatic carbocycles. The smallest absolute Gasteiger partial charge is 0.315 e. The summed E-state index contributed by atoms with van der Waals surface area (Å²) in [5.41, 5.74) is 5.67. The molecule has 96 valence electrons. The Hall–Kier alpha value is -1.14. The Morgan fingerprint density at radius 2 is 2.12 bits per heavy atom. The van der Waals surface area contributed by atoms with Gasteiger partial charge in [0.1, 0.15) is 0 Å². The van der Waals surface area contributed by atoms with Gasteiger partial charge in [-0.2, -0.15) is 0 Å². The maximum atomic E-state index is 5.42.